The van der Waals surface area contributed by atoms with Crippen molar-refractivity contribution in [2.75, 3.05) is 31.8 Å². The van der Waals surface area contributed by atoms with E-state index in [0.29, 0.717) is 40.7 Å². The molecule has 0 saturated carbocycles. The molecule has 3 aromatic rings. The molecule has 2 heterocycles. The van der Waals surface area contributed by atoms with Crippen LogP contribution in [0.5, 0.6) is 11.5 Å². The average molecular weight is 343 g/mol. The van der Waals surface area contributed by atoms with Gasteiger partial charge in [-0.05, 0) is 26.3 Å². The highest BCUT2D eigenvalue weighted by Crippen LogP contribution is 2.33. The first kappa shape index (κ1) is 16.8. The van der Waals surface area contributed by atoms with Crippen LogP contribution in [0.25, 0.3) is 10.9 Å². The Balaban J connectivity index is 1.82. The van der Waals surface area contributed by atoms with Gasteiger partial charge in [0.05, 0.1) is 25.4 Å². The number of nitrogens with two attached hydrogens (primary N) is 1. The highest BCUT2D eigenvalue weighted by atomic mass is 16.5. The molecule has 0 radical (unpaired) electrons. The Labute approximate surface area is 145 Å². The van der Waals surface area contributed by atoms with Crippen molar-refractivity contribution in [3.8, 4) is 11.5 Å². The van der Waals surface area contributed by atoms with E-state index in [0.717, 1.165) is 23.4 Å². The highest BCUT2D eigenvalue weighted by Gasteiger charge is 2.12. The fourth-order valence-electron chi connectivity index (χ4n) is 2.72. The molecule has 0 unspecified atom stereocenters. The number of hydrogen-bond donors (Lipinski definition) is 2. The van der Waals surface area contributed by atoms with Crippen LogP contribution in [0.4, 0.5) is 11.8 Å². The zero-order chi connectivity index (χ0) is 18.0. The minimum Gasteiger partial charge on any atom is -0.493 e. The molecule has 3 N–H and O–H groups in total. The molecule has 0 bridgehead atoms. The van der Waals surface area contributed by atoms with E-state index in [4.69, 9.17) is 19.7 Å². The van der Waals surface area contributed by atoms with Crippen molar-refractivity contribution in [3.05, 3.63) is 29.2 Å². The predicted molar refractivity (Wildman–Crippen MR) is 95.2 cm³/mol. The Bertz CT molecular complexity index is 887. The molecular formula is C17H21N5O3. The quantitative estimate of drug-likeness (QED) is 0.703. The lowest BCUT2D eigenvalue weighted by atomic mass is 10.1. The van der Waals surface area contributed by atoms with Gasteiger partial charge in [-0.15, -0.1) is 0 Å². The number of nitrogens with zero attached hydrogens (tertiary/aromatic N) is 3. The van der Waals surface area contributed by atoms with Crippen LogP contribution >= 0.6 is 0 Å². The number of nitrogen functional groups attached to an aromatic ring is 1. The van der Waals surface area contributed by atoms with Crippen molar-refractivity contribution >= 4 is 22.7 Å². The maximum absolute atomic E-state index is 6.07. The first-order valence-corrected chi connectivity index (χ1v) is 7.88. The summed E-state index contributed by atoms with van der Waals surface area (Å²) in [4.78, 5) is 8.82. The van der Waals surface area contributed by atoms with Gasteiger partial charge in [-0.2, -0.15) is 4.98 Å². The molecule has 2 aromatic heterocycles. The van der Waals surface area contributed by atoms with Gasteiger partial charge in [0, 0.05) is 23.6 Å². The molecule has 0 amide bonds. The van der Waals surface area contributed by atoms with E-state index in [1.54, 1.807) is 26.4 Å². The Kier molecular flexibility index (Phi) is 4.60. The largest absolute Gasteiger partial charge is 0.493 e. The maximum Gasteiger partial charge on any atom is 0.225 e. The Morgan fingerprint density at radius 1 is 1.12 bits per heavy atom. The summed E-state index contributed by atoms with van der Waals surface area (Å²) in [5.41, 5.74) is 8.75. The number of anilines is 2. The van der Waals surface area contributed by atoms with Crippen LogP contribution in [-0.2, 0) is 6.42 Å². The molecule has 132 valence electrons. The lowest BCUT2D eigenvalue weighted by Gasteiger charge is -2.11. The Morgan fingerprint density at radius 3 is 2.48 bits per heavy atom. The number of aromatic nitrogens is 3. The van der Waals surface area contributed by atoms with Crippen LogP contribution in [0.2, 0.25) is 0 Å². The number of aryl methyl sites for hydroxylation is 2. The van der Waals surface area contributed by atoms with Crippen LogP contribution in [0.3, 0.4) is 0 Å². The van der Waals surface area contributed by atoms with Gasteiger partial charge in [0.1, 0.15) is 11.6 Å². The lowest BCUT2D eigenvalue weighted by molar-refractivity contribution is 0.356. The zero-order valence-electron chi connectivity index (χ0n) is 14.7. The van der Waals surface area contributed by atoms with Crippen molar-refractivity contribution in [1.29, 1.82) is 0 Å². The van der Waals surface area contributed by atoms with Gasteiger partial charge in [-0.25, -0.2) is 4.98 Å². The summed E-state index contributed by atoms with van der Waals surface area (Å²) in [5, 5.41) is 7.86. The molecule has 0 aliphatic carbocycles. The topological polar surface area (TPSA) is 108 Å². The third-order valence-corrected chi connectivity index (χ3v) is 4.07. The van der Waals surface area contributed by atoms with E-state index >= 15 is 0 Å². The molecule has 0 saturated heterocycles. The van der Waals surface area contributed by atoms with Gasteiger partial charge < -0.3 is 25.0 Å². The fourth-order valence-corrected chi connectivity index (χ4v) is 2.72. The van der Waals surface area contributed by atoms with Crippen LogP contribution < -0.4 is 20.5 Å². The molecule has 3 rings (SSSR count). The minimum atomic E-state index is 0.380. The van der Waals surface area contributed by atoms with Gasteiger partial charge in [0.2, 0.25) is 5.95 Å². The van der Waals surface area contributed by atoms with Crippen molar-refractivity contribution in [3.63, 3.8) is 0 Å². The lowest BCUT2D eigenvalue weighted by Crippen LogP contribution is -2.10. The van der Waals surface area contributed by atoms with Gasteiger partial charge in [0.25, 0.3) is 0 Å². The third kappa shape index (κ3) is 3.28. The fraction of sp³-hybridized carbons (Fsp3) is 0.353. The monoisotopic (exact) mass is 343 g/mol. The van der Waals surface area contributed by atoms with Crippen molar-refractivity contribution < 1.29 is 14.0 Å². The molecule has 0 atom stereocenters. The number of hydrogen-bond acceptors (Lipinski definition) is 8. The first-order valence-electron chi connectivity index (χ1n) is 7.88. The normalized spacial score (nSPS) is 10.9. The smallest absolute Gasteiger partial charge is 0.225 e. The van der Waals surface area contributed by atoms with E-state index in [1.807, 2.05) is 13.8 Å². The molecule has 25 heavy (non-hydrogen) atoms. The summed E-state index contributed by atoms with van der Waals surface area (Å²) in [6.45, 7) is 4.47. The zero-order valence-corrected chi connectivity index (χ0v) is 14.7. The molecule has 0 aliphatic heterocycles. The second-order valence-electron chi connectivity index (χ2n) is 5.64. The van der Waals surface area contributed by atoms with Crippen molar-refractivity contribution in [2.24, 2.45) is 0 Å². The average Bonchev–Trinajstić information content (AvgIpc) is 2.92. The second-order valence-corrected chi connectivity index (χ2v) is 5.64. The first-order chi connectivity index (χ1) is 12.0. The SMILES string of the molecule is COc1cc2nc(NCCc3c(C)noc3C)nc(N)c2cc1OC. The summed E-state index contributed by atoms with van der Waals surface area (Å²) in [6, 6.07) is 3.56. The number of methoxy groups -OCH3 is 2. The highest BCUT2D eigenvalue weighted by molar-refractivity contribution is 5.91. The molecular weight excluding hydrogens is 322 g/mol. The second kappa shape index (κ2) is 6.84. The van der Waals surface area contributed by atoms with E-state index < -0.39 is 0 Å². The maximum atomic E-state index is 6.07. The molecule has 1 aromatic carbocycles. The Morgan fingerprint density at radius 2 is 1.84 bits per heavy atom. The molecule has 0 fully saturated rings. The summed E-state index contributed by atoms with van der Waals surface area (Å²) in [6.07, 6.45) is 0.758. The van der Waals surface area contributed by atoms with Gasteiger partial charge in [-0.3, -0.25) is 0 Å². The van der Waals surface area contributed by atoms with Gasteiger partial charge in [0.15, 0.2) is 11.5 Å². The molecule has 0 aliphatic rings. The summed E-state index contributed by atoms with van der Waals surface area (Å²) < 4.78 is 15.8. The van der Waals surface area contributed by atoms with Gasteiger partial charge in [-0.1, -0.05) is 5.16 Å². The standard InChI is InChI=1S/C17H21N5O3/c1-9-11(10(2)25-22-9)5-6-19-17-20-13-8-15(24-4)14(23-3)7-12(13)16(18)21-17/h7-8H,5-6H2,1-4H3,(H3,18,19,20,21). The van der Waals surface area contributed by atoms with Crippen LogP contribution in [-0.4, -0.2) is 35.9 Å². The Hall–Kier alpha value is -3.03. The minimum absolute atomic E-state index is 0.380. The predicted octanol–water partition coefficient (Wildman–Crippen LogP) is 2.49. The molecule has 8 heteroatoms. The number of benzene rings is 1. The van der Waals surface area contributed by atoms with Crippen LogP contribution in [0, 0.1) is 13.8 Å². The van der Waals surface area contributed by atoms with Gasteiger partial charge >= 0.3 is 0 Å². The number of ether oxygens (including phenoxy) is 2. The summed E-state index contributed by atoms with van der Waals surface area (Å²) >= 11 is 0. The van der Waals surface area contributed by atoms with Crippen LogP contribution in [0.1, 0.15) is 17.0 Å². The van der Waals surface area contributed by atoms with Crippen molar-refractivity contribution in [2.45, 2.75) is 20.3 Å². The summed E-state index contributed by atoms with van der Waals surface area (Å²) in [7, 11) is 3.16. The number of fused-ring (bicyclic) bond motifs is 1. The van der Waals surface area contributed by atoms with Crippen molar-refractivity contribution in [1.82, 2.24) is 15.1 Å². The third-order valence-electron chi connectivity index (χ3n) is 4.07. The van der Waals surface area contributed by atoms with E-state index in [-0.39, 0.29) is 0 Å². The van der Waals surface area contributed by atoms with E-state index in [9.17, 15) is 0 Å². The molecule has 0 spiro atoms. The van der Waals surface area contributed by atoms with Crippen LogP contribution in [0.15, 0.2) is 16.7 Å². The summed E-state index contributed by atoms with van der Waals surface area (Å²) in [5.74, 6) is 2.85. The number of rotatable bonds is 6. The molecule has 8 nitrogen and oxygen atoms in total. The van der Waals surface area contributed by atoms with E-state index in [2.05, 4.69) is 20.4 Å². The number of nitrogens with one attached hydrogen (secondary N) is 1. The van der Waals surface area contributed by atoms with E-state index in [1.165, 1.54) is 0 Å².